The average molecular weight is 449 g/mol. The summed E-state index contributed by atoms with van der Waals surface area (Å²) in [5.41, 5.74) is 2.98. The van der Waals surface area contributed by atoms with E-state index in [1.807, 2.05) is 12.3 Å². The normalized spacial score (nSPS) is 17.4. The summed E-state index contributed by atoms with van der Waals surface area (Å²) in [6.07, 6.45) is 5.33. The Balaban J connectivity index is 1.34. The second-order valence-corrected chi connectivity index (χ2v) is 9.55. The molecule has 0 saturated carbocycles. The van der Waals surface area contributed by atoms with Crippen molar-refractivity contribution in [2.75, 3.05) is 45.5 Å². The van der Waals surface area contributed by atoms with Crippen molar-refractivity contribution >= 4 is 16.7 Å². The quantitative estimate of drug-likeness (QED) is 0.524. The van der Waals surface area contributed by atoms with Crippen molar-refractivity contribution in [3.63, 3.8) is 0 Å². The highest BCUT2D eigenvalue weighted by molar-refractivity contribution is 7.84. The highest BCUT2D eigenvalue weighted by Crippen LogP contribution is 2.11. The van der Waals surface area contributed by atoms with Gasteiger partial charge >= 0.3 is 0 Å². The number of carbonyl (C=O) groups excluding carboxylic acids is 1. The zero-order valence-corrected chi connectivity index (χ0v) is 18.9. The SMILES string of the molecule is CN1CCN(Cc2ccnc(CCC(O)CNC(=O)CS(=O)Cc3ccoc3)c2)CC1. The standard InChI is InChI=1S/C22H32N4O4S/c1-25-7-9-26(10-8-25)14-18-4-6-23-20(12-18)2-3-21(27)13-24-22(28)17-31(29)16-19-5-11-30-15-19/h4-6,11-12,15,21,27H,2-3,7-10,13-14,16-17H2,1H3,(H,24,28). The topological polar surface area (TPSA) is 98.9 Å². The van der Waals surface area contributed by atoms with Crippen molar-refractivity contribution in [1.82, 2.24) is 20.1 Å². The third kappa shape index (κ3) is 8.53. The van der Waals surface area contributed by atoms with E-state index in [4.69, 9.17) is 4.42 Å². The lowest BCUT2D eigenvalue weighted by Crippen LogP contribution is -2.43. The number of rotatable bonds is 11. The van der Waals surface area contributed by atoms with Gasteiger partial charge < -0.3 is 19.7 Å². The number of likely N-dealkylation sites (N-methyl/N-ethyl adjacent to an activating group) is 1. The number of aliphatic hydroxyl groups is 1. The van der Waals surface area contributed by atoms with Crippen LogP contribution in [0.5, 0.6) is 0 Å². The minimum absolute atomic E-state index is 0.0895. The summed E-state index contributed by atoms with van der Waals surface area (Å²) in [6, 6.07) is 5.87. The van der Waals surface area contributed by atoms with Crippen molar-refractivity contribution in [3.8, 4) is 0 Å². The summed E-state index contributed by atoms with van der Waals surface area (Å²) in [5.74, 6) is -0.135. The molecule has 1 aliphatic rings. The van der Waals surface area contributed by atoms with E-state index in [1.165, 1.54) is 18.1 Å². The average Bonchev–Trinajstić information content (AvgIpc) is 3.25. The Hall–Kier alpha value is -2.07. The molecule has 3 heterocycles. The van der Waals surface area contributed by atoms with Crippen LogP contribution in [0.2, 0.25) is 0 Å². The Labute approximate surface area is 186 Å². The van der Waals surface area contributed by atoms with E-state index in [0.717, 1.165) is 44.0 Å². The fraction of sp³-hybridized carbons (Fsp3) is 0.545. The van der Waals surface area contributed by atoms with Crippen molar-refractivity contribution in [2.24, 2.45) is 0 Å². The number of nitrogens with zero attached hydrogens (tertiary/aromatic N) is 3. The van der Waals surface area contributed by atoms with Gasteiger partial charge in [-0.15, -0.1) is 0 Å². The third-order valence-corrected chi connectivity index (χ3v) is 6.59. The predicted molar refractivity (Wildman–Crippen MR) is 120 cm³/mol. The van der Waals surface area contributed by atoms with Gasteiger partial charge in [0, 0.05) is 67.5 Å². The number of amides is 1. The molecule has 9 heteroatoms. The van der Waals surface area contributed by atoms with Crippen LogP contribution in [-0.4, -0.2) is 81.6 Å². The molecular weight excluding hydrogens is 416 g/mol. The molecule has 1 aliphatic heterocycles. The number of furan rings is 1. The first-order valence-corrected chi connectivity index (χ1v) is 12.1. The molecule has 0 aromatic carbocycles. The fourth-order valence-electron chi connectivity index (χ4n) is 3.48. The molecule has 8 nitrogen and oxygen atoms in total. The molecule has 2 unspecified atom stereocenters. The molecule has 1 fully saturated rings. The Morgan fingerprint density at radius 2 is 2.10 bits per heavy atom. The number of pyridine rings is 1. The van der Waals surface area contributed by atoms with E-state index in [1.54, 1.807) is 6.07 Å². The summed E-state index contributed by atoms with van der Waals surface area (Å²) in [7, 11) is 0.843. The van der Waals surface area contributed by atoms with Crippen LogP contribution in [0.15, 0.2) is 41.3 Å². The van der Waals surface area contributed by atoms with Gasteiger partial charge in [0.05, 0.1) is 24.4 Å². The van der Waals surface area contributed by atoms with Gasteiger partial charge in [0.2, 0.25) is 5.91 Å². The lowest BCUT2D eigenvalue weighted by Gasteiger charge is -2.32. The van der Waals surface area contributed by atoms with Gasteiger partial charge in [0.25, 0.3) is 0 Å². The molecule has 3 rings (SSSR count). The van der Waals surface area contributed by atoms with Gasteiger partial charge in [0.1, 0.15) is 5.75 Å². The molecule has 2 aromatic rings. The lowest BCUT2D eigenvalue weighted by molar-refractivity contribution is -0.119. The van der Waals surface area contributed by atoms with Crippen LogP contribution >= 0.6 is 0 Å². The third-order valence-electron chi connectivity index (χ3n) is 5.35. The summed E-state index contributed by atoms with van der Waals surface area (Å²) in [4.78, 5) is 21.2. The monoisotopic (exact) mass is 448 g/mol. The van der Waals surface area contributed by atoms with E-state index >= 15 is 0 Å². The molecule has 0 bridgehead atoms. The van der Waals surface area contributed by atoms with E-state index in [-0.39, 0.29) is 24.0 Å². The maximum atomic E-state index is 12.0. The predicted octanol–water partition coefficient (Wildman–Crippen LogP) is 0.781. The fourth-order valence-corrected chi connectivity index (χ4v) is 4.52. The molecule has 1 saturated heterocycles. The zero-order valence-electron chi connectivity index (χ0n) is 18.0. The number of hydrogen-bond acceptors (Lipinski definition) is 7. The molecule has 0 radical (unpaired) electrons. The highest BCUT2D eigenvalue weighted by Gasteiger charge is 2.15. The number of aromatic nitrogens is 1. The first-order chi connectivity index (χ1) is 15.0. The maximum absolute atomic E-state index is 12.0. The number of piperazine rings is 1. The van der Waals surface area contributed by atoms with Crippen LogP contribution in [0.25, 0.3) is 0 Å². The lowest BCUT2D eigenvalue weighted by atomic mass is 10.1. The Kier molecular flexibility index (Phi) is 9.20. The largest absolute Gasteiger partial charge is 0.472 e. The van der Waals surface area contributed by atoms with Crippen LogP contribution < -0.4 is 5.32 Å². The van der Waals surface area contributed by atoms with Crippen LogP contribution in [-0.2, 0) is 34.3 Å². The Morgan fingerprint density at radius 3 is 2.84 bits per heavy atom. The smallest absolute Gasteiger partial charge is 0.232 e. The number of hydrogen-bond donors (Lipinski definition) is 2. The molecule has 170 valence electrons. The van der Waals surface area contributed by atoms with Gasteiger partial charge in [-0.1, -0.05) is 0 Å². The van der Waals surface area contributed by atoms with Crippen LogP contribution in [0.1, 0.15) is 23.2 Å². The molecule has 0 spiro atoms. The Morgan fingerprint density at radius 1 is 1.29 bits per heavy atom. The first kappa shape index (κ1) is 23.6. The number of aryl methyl sites for hydroxylation is 1. The van der Waals surface area contributed by atoms with Gasteiger partial charge in [-0.2, -0.15) is 0 Å². The highest BCUT2D eigenvalue weighted by atomic mass is 32.2. The second-order valence-electron chi connectivity index (χ2n) is 8.09. The van der Waals surface area contributed by atoms with Crippen LogP contribution in [0.4, 0.5) is 0 Å². The summed E-state index contributed by atoms with van der Waals surface area (Å²) < 4.78 is 16.9. The van der Waals surface area contributed by atoms with E-state index in [9.17, 15) is 14.1 Å². The minimum Gasteiger partial charge on any atom is -0.472 e. The molecule has 2 atom stereocenters. The van der Waals surface area contributed by atoms with Gasteiger partial charge in [-0.05, 0) is 43.7 Å². The number of nitrogens with one attached hydrogen (secondary N) is 1. The van der Waals surface area contributed by atoms with Gasteiger partial charge in [0.15, 0.2) is 0 Å². The summed E-state index contributed by atoms with van der Waals surface area (Å²) in [5, 5.41) is 12.9. The number of aliphatic hydroxyl groups excluding tert-OH is 1. The van der Waals surface area contributed by atoms with Crippen molar-refractivity contribution in [1.29, 1.82) is 0 Å². The van der Waals surface area contributed by atoms with Gasteiger partial charge in [-0.3, -0.25) is 18.9 Å². The molecule has 1 amide bonds. The summed E-state index contributed by atoms with van der Waals surface area (Å²) in [6.45, 7) is 5.37. The molecular formula is C22H32N4O4S. The molecule has 31 heavy (non-hydrogen) atoms. The van der Waals surface area contributed by atoms with Crippen LogP contribution in [0, 0.1) is 0 Å². The van der Waals surface area contributed by atoms with Crippen molar-refractivity contribution < 1.29 is 18.5 Å². The van der Waals surface area contributed by atoms with Gasteiger partial charge in [-0.25, -0.2) is 0 Å². The Bertz CT molecular complexity index is 838. The summed E-state index contributed by atoms with van der Waals surface area (Å²) >= 11 is 0. The maximum Gasteiger partial charge on any atom is 0.232 e. The zero-order chi connectivity index (χ0) is 22.1. The molecule has 2 aromatic heterocycles. The molecule has 2 N–H and O–H groups in total. The van der Waals surface area contributed by atoms with Crippen molar-refractivity contribution in [2.45, 2.75) is 31.2 Å². The second kappa shape index (κ2) is 12.1. The van der Waals surface area contributed by atoms with E-state index < -0.39 is 16.9 Å². The van der Waals surface area contributed by atoms with Crippen molar-refractivity contribution in [3.05, 3.63) is 53.7 Å². The van der Waals surface area contributed by atoms with Crippen LogP contribution in [0.3, 0.4) is 0 Å². The molecule has 0 aliphatic carbocycles. The van der Waals surface area contributed by atoms with E-state index in [0.29, 0.717) is 12.8 Å². The minimum atomic E-state index is -1.31. The van der Waals surface area contributed by atoms with E-state index in [2.05, 4.69) is 33.2 Å². The first-order valence-electron chi connectivity index (χ1n) is 10.6. The number of carbonyl (C=O) groups is 1.